The molecule has 36 heavy (non-hydrogen) atoms. The summed E-state index contributed by atoms with van der Waals surface area (Å²) in [6, 6.07) is 43.2. The van der Waals surface area contributed by atoms with Crippen molar-refractivity contribution in [1.29, 1.82) is 0 Å². The Morgan fingerprint density at radius 2 is 0.917 bits per heavy atom. The van der Waals surface area contributed by atoms with Gasteiger partial charge in [-0.25, -0.2) is 0 Å². The van der Waals surface area contributed by atoms with Crippen molar-refractivity contribution in [1.82, 2.24) is 0 Å². The molecule has 178 valence electrons. The highest BCUT2D eigenvalue weighted by Gasteiger charge is 2.13. The fourth-order valence-corrected chi connectivity index (χ4v) is 4.56. The highest BCUT2D eigenvalue weighted by molar-refractivity contribution is 5.80. The Labute approximate surface area is 214 Å². The van der Waals surface area contributed by atoms with Gasteiger partial charge in [0.15, 0.2) is 0 Å². The van der Waals surface area contributed by atoms with E-state index in [1.807, 2.05) is 19.1 Å². The van der Waals surface area contributed by atoms with Gasteiger partial charge in [0.05, 0.1) is 6.61 Å². The van der Waals surface area contributed by atoms with Crippen molar-refractivity contribution < 1.29 is 4.74 Å². The van der Waals surface area contributed by atoms with Gasteiger partial charge in [0, 0.05) is 17.1 Å². The maximum atomic E-state index is 5.68. The average molecular weight is 470 g/mol. The fraction of sp³-hybridized carbons (Fsp3) is 0.118. The molecule has 0 spiro atoms. The average Bonchev–Trinajstić information content (AvgIpc) is 2.91. The molecule has 0 fully saturated rings. The van der Waals surface area contributed by atoms with E-state index in [1.165, 1.54) is 33.4 Å². The number of rotatable bonds is 7. The summed E-state index contributed by atoms with van der Waals surface area (Å²) < 4.78 is 5.68. The first-order valence-corrected chi connectivity index (χ1v) is 12.5. The monoisotopic (exact) mass is 469 g/mol. The third kappa shape index (κ3) is 5.18. The van der Waals surface area contributed by atoms with Gasteiger partial charge in [0.1, 0.15) is 5.75 Å². The van der Waals surface area contributed by atoms with E-state index in [1.54, 1.807) is 0 Å². The van der Waals surface area contributed by atoms with Crippen LogP contribution in [0.2, 0.25) is 0 Å². The van der Waals surface area contributed by atoms with E-state index >= 15 is 0 Å². The molecule has 5 aromatic rings. The number of hydrogen-bond acceptors (Lipinski definition) is 2. The SMILES string of the molecule is CCOc1ccc(N(c2ccc(-c3cccc(C)c3)cc2)c2ccc(-c3cccc(C)c3)cc2)cc1. The molecule has 0 atom stereocenters. The zero-order valence-corrected chi connectivity index (χ0v) is 21.1. The fourth-order valence-electron chi connectivity index (χ4n) is 4.56. The highest BCUT2D eigenvalue weighted by Crippen LogP contribution is 2.37. The van der Waals surface area contributed by atoms with Crippen LogP contribution in [0, 0.1) is 13.8 Å². The van der Waals surface area contributed by atoms with Crippen LogP contribution in [0.1, 0.15) is 18.1 Å². The summed E-state index contributed by atoms with van der Waals surface area (Å²) in [5.41, 5.74) is 10.7. The van der Waals surface area contributed by atoms with Gasteiger partial charge >= 0.3 is 0 Å². The summed E-state index contributed by atoms with van der Waals surface area (Å²) >= 11 is 0. The Morgan fingerprint density at radius 1 is 0.500 bits per heavy atom. The molecule has 0 saturated heterocycles. The number of hydrogen-bond donors (Lipinski definition) is 0. The summed E-state index contributed by atoms with van der Waals surface area (Å²) in [7, 11) is 0. The normalized spacial score (nSPS) is 10.8. The summed E-state index contributed by atoms with van der Waals surface area (Å²) in [6.07, 6.45) is 0. The van der Waals surface area contributed by atoms with Crippen molar-refractivity contribution >= 4 is 17.1 Å². The third-order valence-electron chi connectivity index (χ3n) is 6.36. The minimum Gasteiger partial charge on any atom is -0.494 e. The van der Waals surface area contributed by atoms with Crippen LogP contribution in [0.3, 0.4) is 0 Å². The van der Waals surface area contributed by atoms with Gasteiger partial charge in [0.2, 0.25) is 0 Å². The molecule has 0 aliphatic rings. The molecular formula is C34H31NO. The lowest BCUT2D eigenvalue weighted by Crippen LogP contribution is -2.09. The zero-order valence-electron chi connectivity index (χ0n) is 21.1. The summed E-state index contributed by atoms with van der Waals surface area (Å²) in [4.78, 5) is 2.29. The van der Waals surface area contributed by atoms with E-state index in [0.29, 0.717) is 6.61 Å². The second kappa shape index (κ2) is 10.5. The van der Waals surface area contributed by atoms with E-state index in [2.05, 4.69) is 128 Å². The Balaban J connectivity index is 1.52. The van der Waals surface area contributed by atoms with Gasteiger partial charge in [-0.1, -0.05) is 83.9 Å². The predicted molar refractivity (Wildman–Crippen MR) is 153 cm³/mol. The van der Waals surface area contributed by atoms with Crippen LogP contribution in [-0.2, 0) is 0 Å². The number of nitrogens with zero attached hydrogens (tertiary/aromatic N) is 1. The molecule has 0 amide bonds. The molecule has 0 heterocycles. The van der Waals surface area contributed by atoms with E-state index in [-0.39, 0.29) is 0 Å². The summed E-state index contributed by atoms with van der Waals surface area (Å²) in [5, 5.41) is 0. The smallest absolute Gasteiger partial charge is 0.119 e. The molecule has 0 saturated carbocycles. The second-order valence-corrected chi connectivity index (χ2v) is 9.10. The molecule has 5 rings (SSSR count). The molecule has 0 unspecified atom stereocenters. The van der Waals surface area contributed by atoms with Gasteiger partial charge in [-0.2, -0.15) is 0 Å². The lowest BCUT2D eigenvalue weighted by molar-refractivity contribution is 0.340. The van der Waals surface area contributed by atoms with Gasteiger partial charge in [-0.3, -0.25) is 0 Å². The molecule has 0 aliphatic heterocycles. The van der Waals surface area contributed by atoms with Crippen molar-refractivity contribution in [3.8, 4) is 28.0 Å². The van der Waals surface area contributed by atoms with E-state index in [4.69, 9.17) is 4.74 Å². The second-order valence-electron chi connectivity index (χ2n) is 9.10. The molecule has 0 aliphatic carbocycles. The minimum absolute atomic E-state index is 0.657. The van der Waals surface area contributed by atoms with Crippen molar-refractivity contribution in [3.05, 3.63) is 132 Å². The lowest BCUT2D eigenvalue weighted by atomic mass is 10.0. The van der Waals surface area contributed by atoms with Crippen LogP contribution < -0.4 is 9.64 Å². The maximum absolute atomic E-state index is 5.68. The first-order chi connectivity index (χ1) is 17.6. The van der Waals surface area contributed by atoms with Gasteiger partial charge in [0.25, 0.3) is 0 Å². The van der Waals surface area contributed by atoms with E-state index < -0.39 is 0 Å². The van der Waals surface area contributed by atoms with Gasteiger partial charge in [-0.15, -0.1) is 0 Å². The molecule has 2 nitrogen and oxygen atoms in total. The third-order valence-corrected chi connectivity index (χ3v) is 6.36. The molecule has 0 aromatic heterocycles. The standard InChI is InChI=1S/C34H31NO/c1-4-36-34-21-19-33(20-22-34)35(31-15-11-27(12-16-31)29-9-5-7-25(2)23-29)32-17-13-28(14-18-32)30-10-6-8-26(3)24-30/h5-24H,4H2,1-3H3. The predicted octanol–water partition coefficient (Wildman–Crippen LogP) is 9.51. The van der Waals surface area contributed by atoms with E-state index in [9.17, 15) is 0 Å². The Hall–Kier alpha value is -4.30. The first-order valence-electron chi connectivity index (χ1n) is 12.5. The number of anilines is 3. The van der Waals surface area contributed by atoms with Crippen LogP contribution >= 0.6 is 0 Å². The van der Waals surface area contributed by atoms with Crippen LogP contribution in [0.4, 0.5) is 17.1 Å². The maximum Gasteiger partial charge on any atom is 0.119 e. The Morgan fingerprint density at radius 3 is 1.31 bits per heavy atom. The molecule has 2 heteroatoms. The molecular weight excluding hydrogens is 438 g/mol. The van der Waals surface area contributed by atoms with Crippen LogP contribution in [0.25, 0.3) is 22.3 Å². The quantitative estimate of drug-likeness (QED) is 0.235. The van der Waals surface area contributed by atoms with E-state index in [0.717, 1.165) is 22.8 Å². The van der Waals surface area contributed by atoms with Crippen LogP contribution in [-0.4, -0.2) is 6.61 Å². The molecule has 0 N–H and O–H groups in total. The largest absolute Gasteiger partial charge is 0.494 e. The van der Waals surface area contributed by atoms with Crippen LogP contribution in [0.15, 0.2) is 121 Å². The van der Waals surface area contributed by atoms with Gasteiger partial charge < -0.3 is 9.64 Å². The first kappa shape index (κ1) is 23.4. The summed E-state index contributed by atoms with van der Waals surface area (Å²) in [6.45, 7) is 6.92. The van der Waals surface area contributed by atoms with Crippen LogP contribution in [0.5, 0.6) is 5.75 Å². The summed E-state index contributed by atoms with van der Waals surface area (Å²) in [5.74, 6) is 0.880. The number of benzene rings is 5. The topological polar surface area (TPSA) is 12.5 Å². The van der Waals surface area contributed by atoms with Crippen molar-refractivity contribution in [2.75, 3.05) is 11.5 Å². The van der Waals surface area contributed by atoms with Crippen molar-refractivity contribution in [3.63, 3.8) is 0 Å². The Kier molecular flexibility index (Phi) is 6.86. The molecule has 5 aromatic carbocycles. The minimum atomic E-state index is 0.657. The zero-order chi connectivity index (χ0) is 24.9. The Bertz CT molecular complexity index is 1350. The number of ether oxygens (including phenoxy) is 1. The van der Waals surface area contributed by atoms with Crippen molar-refractivity contribution in [2.24, 2.45) is 0 Å². The molecule has 0 bridgehead atoms. The molecule has 0 radical (unpaired) electrons. The van der Waals surface area contributed by atoms with Gasteiger partial charge in [-0.05, 0) is 91.6 Å². The lowest BCUT2D eigenvalue weighted by Gasteiger charge is -2.26. The van der Waals surface area contributed by atoms with Crippen molar-refractivity contribution in [2.45, 2.75) is 20.8 Å². The number of aryl methyl sites for hydroxylation is 2. The highest BCUT2D eigenvalue weighted by atomic mass is 16.5.